The standard InChI is InChI=1S/C52H48N8/c1-5-13-33-17-9-29-53-49(33)45-37-21-23-39(57-37)46(50-34(14-6-2)18-10-30-54-50)41-25-27-43(59-41)48(52-36(16-8-4)20-12-32-56-52)44-28-26-42(60-44)47(40-24-22-38(45)58-40)51-35(15-7-3)19-11-31-55-51/h9-12,17-32H,5-8,13-16H2,1-4H3. The number of allylic oxidation sites excluding steroid dienone is 12. The van der Waals surface area contributed by atoms with Gasteiger partial charge in [0, 0.05) is 24.8 Å². The zero-order valence-electron chi connectivity index (χ0n) is 34.8. The highest BCUT2D eigenvalue weighted by Gasteiger charge is 2.30. The van der Waals surface area contributed by atoms with Gasteiger partial charge >= 0.3 is 0 Å². The van der Waals surface area contributed by atoms with Gasteiger partial charge in [0.05, 0.1) is 90.7 Å². The van der Waals surface area contributed by atoms with E-state index in [1.54, 1.807) is 0 Å². The molecule has 296 valence electrons. The normalized spacial score (nSPS) is 16.7. The van der Waals surface area contributed by atoms with Crippen LogP contribution in [0.25, 0.3) is 22.3 Å². The first-order valence-corrected chi connectivity index (χ1v) is 21.4. The van der Waals surface area contributed by atoms with Crippen molar-refractivity contribution in [3.63, 3.8) is 0 Å². The van der Waals surface area contributed by atoms with E-state index < -0.39 is 0 Å². The van der Waals surface area contributed by atoms with Crippen LogP contribution in [0, 0.1) is 0 Å². The van der Waals surface area contributed by atoms with E-state index in [2.05, 4.69) is 101 Å². The van der Waals surface area contributed by atoms with Crippen LogP contribution < -0.4 is 0 Å². The van der Waals surface area contributed by atoms with Crippen molar-refractivity contribution in [2.75, 3.05) is 0 Å². The lowest BCUT2D eigenvalue weighted by Crippen LogP contribution is -2.08. The second-order valence-corrected chi connectivity index (χ2v) is 15.4. The largest absolute Gasteiger partial charge is 0.256 e. The molecule has 8 bridgehead atoms. The highest BCUT2D eigenvalue weighted by atomic mass is 14.9. The minimum atomic E-state index is 0.791. The molecule has 8 heteroatoms. The minimum absolute atomic E-state index is 0.791. The Bertz CT molecular complexity index is 2410. The Morgan fingerprint density at radius 1 is 0.317 bits per heavy atom. The first-order valence-electron chi connectivity index (χ1n) is 21.4. The molecule has 0 spiro atoms. The Morgan fingerprint density at radius 3 is 0.767 bits per heavy atom. The Morgan fingerprint density at radius 2 is 0.550 bits per heavy atom. The molecule has 0 unspecified atom stereocenters. The van der Waals surface area contributed by atoms with E-state index in [0.29, 0.717) is 0 Å². The van der Waals surface area contributed by atoms with Crippen LogP contribution in [0.2, 0.25) is 0 Å². The van der Waals surface area contributed by atoms with E-state index >= 15 is 0 Å². The number of pyridine rings is 4. The summed E-state index contributed by atoms with van der Waals surface area (Å²) in [6.07, 6.45) is 31.7. The summed E-state index contributed by atoms with van der Waals surface area (Å²) < 4.78 is 0. The molecule has 60 heavy (non-hydrogen) atoms. The van der Waals surface area contributed by atoms with E-state index in [9.17, 15) is 0 Å². The van der Waals surface area contributed by atoms with Crippen LogP contribution in [0.4, 0.5) is 0 Å². The van der Waals surface area contributed by atoms with Crippen LogP contribution >= 0.6 is 0 Å². The molecule has 9 heterocycles. The van der Waals surface area contributed by atoms with Crippen LogP contribution in [0.3, 0.4) is 0 Å². The van der Waals surface area contributed by atoms with Crippen molar-refractivity contribution >= 4 is 45.1 Å². The molecule has 9 rings (SSSR count). The molecule has 0 N–H and O–H groups in total. The van der Waals surface area contributed by atoms with Gasteiger partial charge in [-0.05, 0) is 121 Å². The average molecular weight is 785 g/mol. The van der Waals surface area contributed by atoms with Crippen LogP contribution in [-0.2, 0) is 25.7 Å². The maximum absolute atomic E-state index is 5.48. The van der Waals surface area contributed by atoms with E-state index in [-0.39, 0.29) is 0 Å². The summed E-state index contributed by atoms with van der Waals surface area (Å²) in [5.41, 5.74) is 18.0. The molecule has 0 atom stereocenters. The second kappa shape index (κ2) is 17.2. The third-order valence-corrected chi connectivity index (χ3v) is 11.2. The van der Waals surface area contributed by atoms with Crippen LogP contribution in [0.1, 0.15) is 98.4 Å². The van der Waals surface area contributed by atoms with Gasteiger partial charge in [-0.3, -0.25) is 19.9 Å². The fourth-order valence-electron chi connectivity index (χ4n) is 8.60. The van der Waals surface area contributed by atoms with Crippen molar-refractivity contribution in [3.8, 4) is 0 Å². The molecule has 0 saturated carbocycles. The highest BCUT2D eigenvalue weighted by Crippen LogP contribution is 2.39. The SMILES string of the molecule is CCCc1cccnc1C1=C2C=CC(=N2)C(c2ncccc2CCC)=C2C=CC(=N2)C(c2ncccc2CCC)=C2C=CC(=N2)C(c2ncccc2CCC)=C2C=CC1=N2. The zero-order valence-corrected chi connectivity index (χ0v) is 34.8. The molecule has 4 aromatic heterocycles. The molecular weight excluding hydrogens is 737 g/mol. The Kier molecular flexibility index (Phi) is 11.1. The summed E-state index contributed by atoms with van der Waals surface area (Å²) in [6, 6.07) is 16.7. The first-order chi connectivity index (χ1) is 29.6. The van der Waals surface area contributed by atoms with E-state index in [1.165, 1.54) is 0 Å². The maximum Gasteiger partial charge on any atom is 0.0777 e. The molecule has 0 fully saturated rings. The molecule has 8 nitrogen and oxygen atoms in total. The number of rotatable bonds is 12. The molecule has 0 radical (unpaired) electrons. The minimum Gasteiger partial charge on any atom is -0.256 e. The van der Waals surface area contributed by atoms with Crippen LogP contribution in [0.5, 0.6) is 0 Å². The summed E-state index contributed by atoms with van der Waals surface area (Å²) in [6.45, 7) is 8.80. The Labute approximate surface area is 352 Å². The van der Waals surface area contributed by atoms with Crippen molar-refractivity contribution in [3.05, 3.63) is 190 Å². The molecular formula is C52H48N8. The predicted octanol–water partition coefficient (Wildman–Crippen LogP) is 11.1. The van der Waals surface area contributed by atoms with Gasteiger partial charge in [0.25, 0.3) is 0 Å². The third kappa shape index (κ3) is 7.27. The van der Waals surface area contributed by atoms with Crippen molar-refractivity contribution < 1.29 is 0 Å². The number of hydrogen-bond donors (Lipinski definition) is 0. The van der Waals surface area contributed by atoms with Gasteiger partial charge in [-0.2, -0.15) is 0 Å². The number of aromatic nitrogens is 4. The fourth-order valence-corrected chi connectivity index (χ4v) is 8.60. The van der Waals surface area contributed by atoms with Gasteiger partial charge in [-0.1, -0.05) is 77.6 Å². The Hall–Kier alpha value is -6.80. The number of fused-ring (bicyclic) bond motifs is 4. The van der Waals surface area contributed by atoms with Gasteiger partial charge in [0.15, 0.2) is 0 Å². The van der Waals surface area contributed by atoms with Gasteiger partial charge in [-0.15, -0.1) is 0 Å². The summed E-state index contributed by atoms with van der Waals surface area (Å²) in [5, 5.41) is 0. The van der Waals surface area contributed by atoms with Crippen LogP contribution in [-0.4, -0.2) is 42.8 Å². The molecule has 5 aliphatic rings. The van der Waals surface area contributed by atoms with Gasteiger partial charge in [-0.25, -0.2) is 20.0 Å². The topological polar surface area (TPSA) is 101 Å². The van der Waals surface area contributed by atoms with Gasteiger partial charge in [0.2, 0.25) is 0 Å². The molecule has 4 aromatic rings. The van der Waals surface area contributed by atoms with Crippen molar-refractivity contribution in [2.45, 2.75) is 79.1 Å². The van der Waals surface area contributed by atoms with E-state index in [4.69, 9.17) is 39.9 Å². The monoisotopic (exact) mass is 784 g/mol. The smallest absolute Gasteiger partial charge is 0.0777 e. The third-order valence-electron chi connectivity index (χ3n) is 11.2. The molecule has 0 amide bonds. The molecule has 0 saturated heterocycles. The predicted molar refractivity (Wildman–Crippen MR) is 247 cm³/mol. The lowest BCUT2D eigenvalue weighted by Gasteiger charge is -2.15. The number of aryl methyl sites for hydroxylation is 4. The maximum atomic E-state index is 5.48. The molecule has 0 aromatic carbocycles. The van der Waals surface area contributed by atoms with Crippen molar-refractivity contribution in [1.29, 1.82) is 0 Å². The van der Waals surface area contributed by atoms with E-state index in [0.717, 1.165) is 164 Å². The lowest BCUT2D eigenvalue weighted by molar-refractivity contribution is 0.908. The summed E-state index contributed by atoms with van der Waals surface area (Å²) in [7, 11) is 0. The fraction of sp³-hybridized carbons (Fsp3) is 0.231. The molecule has 0 aliphatic carbocycles. The summed E-state index contributed by atoms with van der Waals surface area (Å²) in [4.78, 5) is 42.1. The number of aliphatic imine (C=N–C) groups is 4. The second-order valence-electron chi connectivity index (χ2n) is 15.4. The first kappa shape index (κ1) is 38.7. The van der Waals surface area contributed by atoms with Crippen molar-refractivity contribution in [1.82, 2.24) is 19.9 Å². The molecule has 5 aliphatic heterocycles. The summed E-state index contributed by atoms with van der Waals surface area (Å²) in [5.74, 6) is 0. The average Bonchev–Trinajstić information content (AvgIpc) is 4.12. The quantitative estimate of drug-likeness (QED) is 0.143. The highest BCUT2D eigenvalue weighted by molar-refractivity contribution is 6.39. The van der Waals surface area contributed by atoms with E-state index in [1.807, 2.05) is 49.1 Å². The van der Waals surface area contributed by atoms with Crippen molar-refractivity contribution in [2.24, 2.45) is 20.0 Å². The summed E-state index contributed by atoms with van der Waals surface area (Å²) >= 11 is 0. The van der Waals surface area contributed by atoms with Crippen LogP contribution in [0.15, 0.2) is 165 Å². The zero-order chi connectivity index (χ0) is 41.0. The number of nitrogens with zero attached hydrogens (tertiary/aromatic N) is 8. The lowest BCUT2D eigenvalue weighted by atomic mass is 9.97. The van der Waals surface area contributed by atoms with Gasteiger partial charge in [0.1, 0.15) is 0 Å². The van der Waals surface area contributed by atoms with Gasteiger partial charge < -0.3 is 0 Å². The Balaban J connectivity index is 1.40. The number of hydrogen-bond acceptors (Lipinski definition) is 8.